The van der Waals surface area contributed by atoms with Crippen LogP contribution in [0.4, 0.5) is 0 Å². The topological polar surface area (TPSA) is 34.4 Å². The van der Waals surface area contributed by atoms with E-state index in [1.165, 1.54) is 0 Å². The highest BCUT2D eigenvalue weighted by atomic mass is 16.1. The molecule has 4 rings (SSSR count). The fraction of sp³-hybridized carbons (Fsp3) is 0. The maximum Gasteiger partial charge on any atom is 0.188 e. The number of rotatable bonds is 0. The molecule has 0 bridgehead atoms. The third kappa shape index (κ3) is 1.00. The highest BCUT2D eigenvalue weighted by Crippen LogP contribution is 2.23. The second-order valence-electron chi connectivity index (χ2n) is 4.16. The van der Waals surface area contributed by atoms with Crippen LogP contribution in [0.5, 0.6) is 0 Å². The molecule has 0 amide bonds. The first-order valence-electron chi connectivity index (χ1n) is 5.46. The number of hydrogen-bond acceptors (Lipinski definition) is 2. The lowest BCUT2D eigenvalue weighted by atomic mass is 10.1. The first kappa shape index (κ1) is 8.70. The summed E-state index contributed by atoms with van der Waals surface area (Å²) in [6.07, 6.45) is 1.78. The molecule has 0 aliphatic heterocycles. The Morgan fingerprint density at radius 3 is 2.88 bits per heavy atom. The number of para-hydroxylation sites is 1. The van der Waals surface area contributed by atoms with Crippen molar-refractivity contribution in [2.75, 3.05) is 0 Å². The number of aromatic nitrogens is 2. The molecule has 0 atom stereocenters. The number of pyridine rings is 1. The minimum Gasteiger partial charge on any atom is -0.297 e. The summed E-state index contributed by atoms with van der Waals surface area (Å²) in [5.74, 6) is 0. The lowest BCUT2D eigenvalue weighted by molar-refractivity contribution is 1.22. The van der Waals surface area contributed by atoms with Gasteiger partial charge in [0.2, 0.25) is 0 Å². The van der Waals surface area contributed by atoms with Crippen LogP contribution in [0, 0.1) is 0 Å². The Morgan fingerprint density at radius 2 is 1.94 bits per heavy atom. The van der Waals surface area contributed by atoms with Crippen LogP contribution in [0.3, 0.4) is 0 Å². The van der Waals surface area contributed by atoms with Crippen molar-refractivity contribution in [3.05, 3.63) is 59.0 Å². The van der Waals surface area contributed by atoms with E-state index in [4.69, 9.17) is 0 Å². The van der Waals surface area contributed by atoms with Gasteiger partial charge in [0, 0.05) is 5.39 Å². The van der Waals surface area contributed by atoms with E-state index in [0.29, 0.717) is 0 Å². The molecule has 0 N–H and O–H groups in total. The monoisotopic (exact) mass is 220 g/mol. The zero-order valence-electron chi connectivity index (χ0n) is 8.92. The minimum absolute atomic E-state index is 0.0498. The second-order valence-corrected chi connectivity index (χ2v) is 4.16. The van der Waals surface area contributed by atoms with Gasteiger partial charge in [-0.15, -0.1) is 0 Å². The maximum absolute atomic E-state index is 11.9. The molecule has 0 unspecified atom stereocenters. The third-order valence-electron chi connectivity index (χ3n) is 3.21. The predicted molar refractivity (Wildman–Crippen MR) is 67.7 cm³/mol. The average molecular weight is 220 g/mol. The molecule has 3 nitrogen and oxygen atoms in total. The number of fused-ring (bicyclic) bond motifs is 2. The van der Waals surface area contributed by atoms with Crippen LogP contribution in [0.1, 0.15) is 0 Å². The fourth-order valence-electron chi connectivity index (χ4n) is 2.42. The van der Waals surface area contributed by atoms with Crippen molar-refractivity contribution in [3.8, 4) is 0 Å². The molecule has 0 saturated carbocycles. The van der Waals surface area contributed by atoms with Gasteiger partial charge >= 0.3 is 0 Å². The van der Waals surface area contributed by atoms with Gasteiger partial charge in [-0.3, -0.25) is 9.20 Å². The number of hydrogen-bond donors (Lipinski definition) is 0. The van der Waals surface area contributed by atoms with E-state index >= 15 is 0 Å². The van der Waals surface area contributed by atoms with Crippen molar-refractivity contribution in [1.29, 1.82) is 0 Å². The van der Waals surface area contributed by atoms with E-state index in [-0.39, 0.29) is 5.43 Å². The van der Waals surface area contributed by atoms with Gasteiger partial charge in [-0.1, -0.05) is 18.2 Å². The Labute approximate surface area is 96.3 Å². The Morgan fingerprint density at radius 1 is 1.06 bits per heavy atom. The summed E-state index contributed by atoms with van der Waals surface area (Å²) in [6.45, 7) is 0. The smallest absolute Gasteiger partial charge is 0.188 e. The standard InChI is InChI=1S/C14H8N2O/c17-13-6-5-11-14-10(13)7-9-3-1-2-4-12(9)16(14)8-15-11/h1-8H. The summed E-state index contributed by atoms with van der Waals surface area (Å²) in [6, 6.07) is 13.3. The van der Waals surface area contributed by atoms with Gasteiger partial charge in [-0.25, -0.2) is 4.98 Å². The molecule has 0 spiro atoms. The van der Waals surface area contributed by atoms with Crippen molar-refractivity contribution in [1.82, 2.24) is 9.38 Å². The molecule has 0 fully saturated rings. The molecular formula is C14H8N2O. The summed E-state index contributed by atoms with van der Waals surface area (Å²) in [7, 11) is 0. The molecule has 2 aromatic heterocycles. The molecule has 2 heterocycles. The van der Waals surface area contributed by atoms with Crippen LogP contribution < -0.4 is 5.43 Å². The highest BCUT2D eigenvalue weighted by Gasteiger charge is 2.09. The molecule has 4 aromatic rings. The summed E-state index contributed by atoms with van der Waals surface area (Å²) in [5, 5.41) is 1.79. The van der Waals surface area contributed by atoms with Gasteiger partial charge < -0.3 is 0 Å². The quantitative estimate of drug-likeness (QED) is 0.426. The second kappa shape index (κ2) is 2.83. The minimum atomic E-state index is 0.0498. The van der Waals surface area contributed by atoms with E-state index < -0.39 is 0 Å². The average Bonchev–Trinajstić information content (AvgIpc) is 2.79. The molecule has 0 aliphatic rings. The van der Waals surface area contributed by atoms with Crippen LogP contribution in [0.25, 0.3) is 27.3 Å². The first-order valence-corrected chi connectivity index (χ1v) is 5.46. The Kier molecular flexibility index (Phi) is 1.45. The van der Waals surface area contributed by atoms with Gasteiger partial charge in [-0.2, -0.15) is 0 Å². The Bertz CT molecular complexity index is 908. The van der Waals surface area contributed by atoms with Crippen LogP contribution in [-0.4, -0.2) is 9.38 Å². The molecule has 3 heteroatoms. The first-order chi connectivity index (χ1) is 8.34. The SMILES string of the molecule is O=c1ccc2ncn3c4ccccc4cc1c23. The number of imidazole rings is 1. The van der Waals surface area contributed by atoms with Crippen LogP contribution >= 0.6 is 0 Å². The molecular weight excluding hydrogens is 212 g/mol. The van der Waals surface area contributed by atoms with Gasteiger partial charge in [0.05, 0.1) is 16.6 Å². The largest absolute Gasteiger partial charge is 0.297 e. The van der Waals surface area contributed by atoms with Crippen LogP contribution in [0.15, 0.2) is 53.6 Å². The molecule has 80 valence electrons. The fourth-order valence-corrected chi connectivity index (χ4v) is 2.42. The third-order valence-corrected chi connectivity index (χ3v) is 3.21. The summed E-state index contributed by atoms with van der Waals surface area (Å²) in [5.41, 5.74) is 2.91. The molecule has 0 aliphatic carbocycles. The Balaban J connectivity index is 2.49. The van der Waals surface area contributed by atoms with E-state index in [9.17, 15) is 4.79 Å². The highest BCUT2D eigenvalue weighted by molar-refractivity contribution is 6.01. The predicted octanol–water partition coefficient (Wildman–Crippen LogP) is 2.44. The summed E-state index contributed by atoms with van der Waals surface area (Å²) in [4.78, 5) is 16.2. The van der Waals surface area contributed by atoms with E-state index in [1.54, 1.807) is 18.5 Å². The molecule has 0 radical (unpaired) electrons. The van der Waals surface area contributed by atoms with Crippen LogP contribution in [0.2, 0.25) is 0 Å². The van der Waals surface area contributed by atoms with E-state index in [0.717, 1.165) is 27.3 Å². The van der Waals surface area contributed by atoms with Crippen molar-refractivity contribution in [2.45, 2.75) is 0 Å². The lowest BCUT2D eigenvalue weighted by Crippen LogP contribution is -2.00. The van der Waals surface area contributed by atoms with E-state index in [1.807, 2.05) is 34.7 Å². The molecule has 0 saturated heterocycles. The van der Waals surface area contributed by atoms with Crippen molar-refractivity contribution in [2.24, 2.45) is 0 Å². The van der Waals surface area contributed by atoms with Crippen molar-refractivity contribution in [3.63, 3.8) is 0 Å². The van der Waals surface area contributed by atoms with E-state index in [2.05, 4.69) is 4.98 Å². The summed E-state index contributed by atoms with van der Waals surface area (Å²) >= 11 is 0. The normalized spacial score (nSPS) is 11.8. The summed E-state index contributed by atoms with van der Waals surface area (Å²) < 4.78 is 1.99. The number of nitrogens with zero attached hydrogens (tertiary/aromatic N) is 2. The van der Waals surface area contributed by atoms with Gasteiger partial charge in [0.25, 0.3) is 0 Å². The van der Waals surface area contributed by atoms with Gasteiger partial charge in [-0.05, 0) is 29.7 Å². The molecule has 17 heavy (non-hydrogen) atoms. The zero-order chi connectivity index (χ0) is 11.4. The van der Waals surface area contributed by atoms with Gasteiger partial charge in [0.1, 0.15) is 6.33 Å². The van der Waals surface area contributed by atoms with Crippen LogP contribution in [-0.2, 0) is 0 Å². The number of benzene rings is 2. The van der Waals surface area contributed by atoms with Crippen molar-refractivity contribution >= 4 is 27.3 Å². The molecule has 2 aromatic carbocycles. The van der Waals surface area contributed by atoms with Crippen molar-refractivity contribution < 1.29 is 0 Å². The maximum atomic E-state index is 11.9. The lowest BCUT2D eigenvalue weighted by Gasteiger charge is -2.04. The zero-order valence-corrected chi connectivity index (χ0v) is 8.92. The van der Waals surface area contributed by atoms with Gasteiger partial charge in [0.15, 0.2) is 5.43 Å². The Hall–Kier alpha value is -2.42.